The Morgan fingerprint density at radius 3 is 2.41 bits per heavy atom. The minimum absolute atomic E-state index is 0.435. The van der Waals surface area contributed by atoms with Crippen LogP contribution in [-0.2, 0) is 0 Å². The number of rotatable bonds is 4. The van der Waals surface area contributed by atoms with E-state index in [1.54, 1.807) is 16.7 Å². The van der Waals surface area contributed by atoms with Crippen LogP contribution in [0.2, 0.25) is 0 Å². The minimum atomic E-state index is 0.435. The van der Waals surface area contributed by atoms with E-state index in [-0.39, 0.29) is 0 Å². The Morgan fingerprint density at radius 1 is 1.04 bits per heavy atom. The molecule has 148 valence electrons. The molecular weight excluding hydrogens is 326 g/mol. The SMILES string of the molecule is Cc1ccc(C2=CCNC(CC3CC3)C2)c(C2CC(C)(C)CC(C)(C)C2)c1. The van der Waals surface area contributed by atoms with Gasteiger partial charge in [-0.1, -0.05) is 70.4 Å². The molecule has 1 unspecified atom stereocenters. The molecule has 0 saturated heterocycles. The molecule has 1 nitrogen and oxygen atoms in total. The van der Waals surface area contributed by atoms with Gasteiger partial charge in [-0.25, -0.2) is 0 Å². The van der Waals surface area contributed by atoms with E-state index in [1.165, 1.54) is 50.5 Å². The Bertz CT molecular complexity index is 704. The van der Waals surface area contributed by atoms with E-state index in [1.807, 2.05) is 0 Å². The van der Waals surface area contributed by atoms with E-state index in [0.717, 1.165) is 12.5 Å². The van der Waals surface area contributed by atoms with Crippen LogP contribution in [-0.4, -0.2) is 12.6 Å². The highest BCUT2D eigenvalue weighted by molar-refractivity contribution is 5.70. The highest BCUT2D eigenvalue weighted by atomic mass is 14.9. The number of hydrogen-bond acceptors (Lipinski definition) is 1. The summed E-state index contributed by atoms with van der Waals surface area (Å²) in [6, 6.07) is 7.96. The second kappa shape index (κ2) is 7.07. The molecule has 4 rings (SSSR count). The fourth-order valence-electron chi connectivity index (χ4n) is 6.29. The number of benzene rings is 1. The highest BCUT2D eigenvalue weighted by Crippen LogP contribution is 2.53. The Balaban J connectivity index is 1.63. The highest BCUT2D eigenvalue weighted by Gasteiger charge is 2.39. The first-order valence-electron chi connectivity index (χ1n) is 11.2. The van der Waals surface area contributed by atoms with Crippen molar-refractivity contribution in [1.82, 2.24) is 5.32 Å². The molecule has 0 spiro atoms. The van der Waals surface area contributed by atoms with Gasteiger partial charge in [-0.3, -0.25) is 0 Å². The molecule has 1 N–H and O–H groups in total. The molecule has 2 saturated carbocycles. The first-order valence-corrected chi connectivity index (χ1v) is 11.2. The molecule has 1 aromatic rings. The summed E-state index contributed by atoms with van der Waals surface area (Å²) in [5.74, 6) is 1.69. The van der Waals surface area contributed by atoms with E-state index >= 15 is 0 Å². The first kappa shape index (κ1) is 19.2. The predicted molar refractivity (Wildman–Crippen MR) is 117 cm³/mol. The van der Waals surface area contributed by atoms with E-state index in [9.17, 15) is 0 Å². The molecule has 0 radical (unpaired) electrons. The summed E-state index contributed by atoms with van der Waals surface area (Å²) in [7, 11) is 0. The normalized spacial score (nSPS) is 28.0. The van der Waals surface area contributed by atoms with Crippen molar-refractivity contribution in [2.24, 2.45) is 16.7 Å². The van der Waals surface area contributed by atoms with Crippen LogP contribution in [0.3, 0.4) is 0 Å². The zero-order valence-corrected chi connectivity index (χ0v) is 18.2. The zero-order chi connectivity index (χ0) is 19.2. The lowest BCUT2D eigenvalue weighted by Crippen LogP contribution is -2.34. The molecule has 1 heterocycles. The Kier molecular flexibility index (Phi) is 5.04. The fourth-order valence-corrected chi connectivity index (χ4v) is 6.29. The van der Waals surface area contributed by atoms with Gasteiger partial charge in [0.15, 0.2) is 0 Å². The van der Waals surface area contributed by atoms with Crippen molar-refractivity contribution >= 4 is 5.57 Å². The van der Waals surface area contributed by atoms with Gasteiger partial charge in [0.05, 0.1) is 0 Å². The van der Waals surface area contributed by atoms with E-state index in [4.69, 9.17) is 0 Å². The van der Waals surface area contributed by atoms with Crippen LogP contribution in [0, 0.1) is 23.7 Å². The molecule has 3 aliphatic rings. The summed E-state index contributed by atoms with van der Waals surface area (Å²) in [5, 5.41) is 3.75. The van der Waals surface area contributed by atoms with Gasteiger partial charge >= 0.3 is 0 Å². The van der Waals surface area contributed by atoms with E-state index in [2.05, 4.69) is 64.2 Å². The third kappa shape index (κ3) is 4.67. The van der Waals surface area contributed by atoms with Crippen LogP contribution < -0.4 is 5.32 Å². The molecule has 1 aliphatic heterocycles. The second-order valence-corrected chi connectivity index (χ2v) is 11.4. The number of hydrogen-bond donors (Lipinski definition) is 1. The third-order valence-corrected chi connectivity index (χ3v) is 7.08. The van der Waals surface area contributed by atoms with Crippen LogP contribution in [0.4, 0.5) is 0 Å². The quantitative estimate of drug-likeness (QED) is 0.614. The van der Waals surface area contributed by atoms with Crippen LogP contribution in [0.5, 0.6) is 0 Å². The molecule has 27 heavy (non-hydrogen) atoms. The lowest BCUT2D eigenvalue weighted by atomic mass is 9.59. The maximum atomic E-state index is 3.75. The lowest BCUT2D eigenvalue weighted by Gasteiger charge is -2.46. The van der Waals surface area contributed by atoms with Gasteiger partial charge in [0.2, 0.25) is 0 Å². The Morgan fingerprint density at radius 2 is 1.74 bits per heavy atom. The molecule has 1 heteroatoms. The van der Waals surface area contributed by atoms with Crippen LogP contribution in [0.1, 0.15) is 95.2 Å². The van der Waals surface area contributed by atoms with Gasteiger partial charge in [-0.15, -0.1) is 0 Å². The average molecular weight is 366 g/mol. The minimum Gasteiger partial charge on any atom is -0.310 e. The molecule has 1 aromatic carbocycles. The molecule has 1 atom stereocenters. The average Bonchev–Trinajstić information content (AvgIpc) is 3.36. The maximum absolute atomic E-state index is 3.75. The van der Waals surface area contributed by atoms with Crippen molar-refractivity contribution in [2.45, 2.75) is 91.5 Å². The lowest BCUT2D eigenvalue weighted by molar-refractivity contribution is 0.0968. The van der Waals surface area contributed by atoms with Gasteiger partial charge in [-0.05, 0) is 78.4 Å². The van der Waals surface area contributed by atoms with Crippen LogP contribution in [0.15, 0.2) is 24.3 Å². The van der Waals surface area contributed by atoms with Gasteiger partial charge in [0.25, 0.3) is 0 Å². The molecular formula is C26H39N. The summed E-state index contributed by atoms with van der Waals surface area (Å²) in [6.45, 7) is 13.2. The van der Waals surface area contributed by atoms with Gasteiger partial charge in [0, 0.05) is 12.6 Å². The second-order valence-electron chi connectivity index (χ2n) is 11.4. The molecule has 2 fully saturated rings. The third-order valence-electron chi connectivity index (χ3n) is 7.08. The maximum Gasteiger partial charge on any atom is 0.0143 e. The Hall–Kier alpha value is -1.08. The first-order chi connectivity index (χ1) is 12.7. The van der Waals surface area contributed by atoms with Gasteiger partial charge < -0.3 is 5.32 Å². The van der Waals surface area contributed by atoms with Crippen molar-refractivity contribution in [2.75, 3.05) is 6.54 Å². The number of aryl methyl sites for hydroxylation is 1. The molecule has 0 bridgehead atoms. The summed E-state index contributed by atoms with van der Waals surface area (Å²) in [4.78, 5) is 0. The van der Waals surface area contributed by atoms with Gasteiger partial charge in [-0.2, -0.15) is 0 Å². The zero-order valence-electron chi connectivity index (χ0n) is 18.2. The van der Waals surface area contributed by atoms with Gasteiger partial charge in [0.1, 0.15) is 0 Å². The Labute approximate surface area is 167 Å². The number of nitrogens with one attached hydrogen (secondary N) is 1. The topological polar surface area (TPSA) is 12.0 Å². The predicted octanol–water partition coefficient (Wildman–Crippen LogP) is 6.86. The summed E-state index contributed by atoms with van der Waals surface area (Å²) < 4.78 is 0. The van der Waals surface area contributed by atoms with Crippen molar-refractivity contribution in [3.05, 3.63) is 41.0 Å². The smallest absolute Gasteiger partial charge is 0.0143 e. The fraction of sp³-hybridized carbons (Fsp3) is 0.692. The van der Waals surface area contributed by atoms with Crippen molar-refractivity contribution < 1.29 is 0 Å². The largest absolute Gasteiger partial charge is 0.310 e. The molecule has 0 amide bonds. The standard InChI is InChI=1S/C26H39N/c1-18-6-9-23(20-10-11-27-22(14-20)13-19-7-8-19)24(12-18)21-15-25(2,3)17-26(4,5)16-21/h6,9-10,12,19,21-22,27H,7-8,11,13-17H2,1-5H3. The van der Waals surface area contributed by atoms with Crippen molar-refractivity contribution in [3.8, 4) is 0 Å². The monoisotopic (exact) mass is 365 g/mol. The van der Waals surface area contributed by atoms with Crippen molar-refractivity contribution in [1.29, 1.82) is 0 Å². The molecule has 0 aromatic heterocycles. The van der Waals surface area contributed by atoms with E-state index in [0.29, 0.717) is 22.8 Å². The summed E-state index contributed by atoms with van der Waals surface area (Å²) in [5.41, 5.74) is 7.08. The van der Waals surface area contributed by atoms with Crippen LogP contribution >= 0.6 is 0 Å². The van der Waals surface area contributed by atoms with Crippen molar-refractivity contribution in [3.63, 3.8) is 0 Å². The summed E-state index contributed by atoms with van der Waals surface area (Å²) in [6.07, 6.45) is 12.0. The van der Waals surface area contributed by atoms with Crippen LogP contribution in [0.25, 0.3) is 5.57 Å². The molecule has 2 aliphatic carbocycles. The summed E-state index contributed by atoms with van der Waals surface area (Å²) >= 11 is 0. The van der Waals surface area contributed by atoms with E-state index < -0.39 is 0 Å².